The molecule has 0 radical (unpaired) electrons. The Morgan fingerprint density at radius 1 is 0.305 bits per heavy atom. The molecule has 0 saturated carbocycles. The lowest BCUT2D eigenvalue weighted by Gasteiger charge is -2.21. The third-order valence-corrected chi connectivity index (χ3v) is 12.5. The number of rotatable bonds is 21. The van der Waals surface area contributed by atoms with Gasteiger partial charge in [-0.3, -0.25) is 0 Å². The van der Waals surface area contributed by atoms with Crippen molar-refractivity contribution in [1.29, 1.82) is 0 Å². The molecule has 0 aliphatic heterocycles. The third-order valence-electron chi connectivity index (χ3n) is 12.5. The summed E-state index contributed by atoms with van der Waals surface area (Å²) in [6.45, 7) is 8.34. The van der Waals surface area contributed by atoms with Crippen LogP contribution in [0.4, 0.5) is 0 Å². The molecule has 5 unspecified atom stereocenters. The second kappa shape index (κ2) is 25.2. The minimum atomic E-state index is -1.53. The maximum atomic E-state index is 13.9. The average molecular weight is 1140 g/mol. The van der Waals surface area contributed by atoms with E-state index in [1.54, 1.807) is 0 Å². The second-order valence-corrected chi connectivity index (χ2v) is 19.6. The quantitative estimate of drug-likeness (QED) is 0.0252. The third kappa shape index (κ3) is 14.7. The molecule has 6 aromatic rings. The Morgan fingerprint density at radius 2 is 0.488 bits per heavy atom. The lowest BCUT2D eigenvalue weighted by molar-refractivity contribution is 0.0306. The summed E-state index contributed by atoms with van der Waals surface area (Å²) in [6, 6.07) is 11.7. The first kappa shape index (κ1) is 61.0. The minimum Gasteiger partial charge on any atom is -0.508 e. The van der Waals surface area contributed by atoms with Crippen LogP contribution in [0.25, 0.3) is 0 Å². The molecule has 0 bridgehead atoms. The Labute approximate surface area is 466 Å². The van der Waals surface area contributed by atoms with Crippen LogP contribution >= 0.6 is 0 Å². The van der Waals surface area contributed by atoms with Crippen molar-refractivity contribution in [3.63, 3.8) is 0 Å². The highest BCUT2D eigenvalue weighted by molar-refractivity contribution is 5.98. The summed E-state index contributed by atoms with van der Waals surface area (Å²) < 4.78 is 27.8. The highest BCUT2D eigenvalue weighted by Gasteiger charge is 2.31. The van der Waals surface area contributed by atoms with Crippen LogP contribution in [0.5, 0.6) is 69.0 Å². The van der Waals surface area contributed by atoms with Crippen molar-refractivity contribution in [3.8, 4) is 69.0 Å². The van der Waals surface area contributed by atoms with Gasteiger partial charge in [-0.15, -0.1) is 0 Å². The summed E-state index contributed by atoms with van der Waals surface area (Å²) in [5.41, 5.74) is -2.99. The number of benzene rings is 6. The van der Waals surface area contributed by atoms with Crippen LogP contribution in [0.2, 0.25) is 0 Å². The molecule has 0 amide bonds. The number of aryl methyl sites for hydroxylation is 1. The molecule has 0 aromatic heterocycles. The van der Waals surface area contributed by atoms with E-state index in [4.69, 9.17) is 23.7 Å². The molecule has 0 heterocycles. The summed E-state index contributed by atoms with van der Waals surface area (Å²) in [6.07, 6.45) is -7.60. The zero-order valence-corrected chi connectivity index (χ0v) is 44.7. The molecule has 24 nitrogen and oxygen atoms in total. The summed E-state index contributed by atoms with van der Waals surface area (Å²) in [4.78, 5) is 79.8. The monoisotopic (exact) mass is 1140 g/mol. The predicted octanol–water partition coefficient (Wildman–Crippen LogP) is 7.10. The Morgan fingerprint density at radius 3 is 0.707 bits per heavy atom. The van der Waals surface area contributed by atoms with E-state index >= 15 is 0 Å². The Hall–Kier alpha value is -10.3. The van der Waals surface area contributed by atoms with Crippen molar-refractivity contribution in [1.82, 2.24) is 0 Å². The topological polar surface area (TPSA) is 412 Å². The van der Waals surface area contributed by atoms with Crippen molar-refractivity contribution in [2.24, 2.45) is 0 Å². The number of carboxylic acid groups (broad SMARTS) is 1. The Balaban J connectivity index is 1.13. The molecule has 6 rings (SSSR count). The molecule has 434 valence electrons. The van der Waals surface area contributed by atoms with Gasteiger partial charge >= 0.3 is 35.8 Å². The van der Waals surface area contributed by atoms with Crippen LogP contribution in [0, 0.1) is 6.92 Å². The highest BCUT2D eigenvalue weighted by atomic mass is 16.6. The molecule has 0 spiro atoms. The largest absolute Gasteiger partial charge is 0.508 e. The van der Waals surface area contributed by atoms with E-state index in [9.17, 15) is 95.2 Å². The van der Waals surface area contributed by atoms with Gasteiger partial charge in [-0.1, -0.05) is 0 Å². The summed E-state index contributed by atoms with van der Waals surface area (Å²) in [5, 5.41) is 135. The van der Waals surface area contributed by atoms with Gasteiger partial charge in [0.1, 0.15) is 133 Å². The normalized spacial score (nSPS) is 13.0. The first-order valence-corrected chi connectivity index (χ1v) is 25.0. The average Bonchev–Trinajstić information content (AvgIpc) is 3.49. The Bertz CT molecular complexity index is 3470. The SMILES string of the molecule is Cc1cc(O)cc(O)c1C(=O)OC(C)Cc1cc(O)cc(O)c1C(=O)OC(C)Cc1cc(O)cc(O)c1C(=O)OC(C)Cc1cc(O)cc(O)c1C(=O)OC(C)Cc1cc(O)cc(O)c1C(=O)OC(C)Cc1cc(O)cc(O)c1C(=O)O. The fourth-order valence-corrected chi connectivity index (χ4v) is 9.32. The van der Waals surface area contributed by atoms with E-state index in [0.29, 0.717) is 0 Å². The number of aromatic carboxylic acids is 1. The smallest absolute Gasteiger partial charge is 0.342 e. The molecule has 82 heavy (non-hydrogen) atoms. The van der Waals surface area contributed by atoms with Crippen molar-refractivity contribution >= 4 is 35.8 Å². The van der Waals surface area contributed by atoms with Crippen LogP contribution in [-0.4, -0.2) is 133 Å². The molecule has 0 saturated heterocycles. The van der Waals surface area contributed by atoms with Crippen molar-refractivity contribution in [2.45, 2.75) is 104 Å². The number of ether oxygens (including phenoxy) is 5. The molecule has 13 N–H and O–H groups in total. The van der Waals surface area contributed by atoms with E-state index in [-0.39, 0.29) is 70.4 Å². The van der Waals surface area contributed by atoms with Gasteiger partial charge in [0.15, 0.2) is 0 Å². The van der Waals surface area contributed by atoms with Gasteiger partial charge < -0.3 is 90.1 Å². The minimum absolute atomic E-state index is 0.0376. The fraction of sp³-hybridized carbons (Fsp3) is 0.276. The van der Waals surface area contributed by atoms with Crippen LogP contribution in [-0.2, 0) is 55.8 Å². The molecular weight excluding hydrogens is 1080 g/mol. The molecule has 0 fully saturated rings. The zero-order chi connectivity index (χ0) is 60.8. The van der Waals surface area contributed by atoms with Crippen LogP contribution in [0.1, 0.15) is 130 Å². The maximum absolute atomic E-state index is 13.9. The van der Waals surface area contributed by atoms with Gasteiger partial charge in [-0.25, -0.2) is 28.8 Å². The fourth-order valence-electron chi connectivity index (χ4n) is 9.32. The number of hydrogen-bond acceptors (Lipinski definition) is 23. The molecule has 0 aliphatic carbocycles. The van der Waals surface area contributed by atoms with Crippen molar-refractivity contribution in [2.75, 3.05) is 0 Å². The molecule has 24 heteroatoms. The van der Waals surface area contributed by atoms with E-state index < -0.39 is 164 Å². The van der Waals surface area contributed by atoms with Crippen molar-refractivity contribution < 1.29 is 119 Å². The van der Waals surface area contributed by atoms with Gasteiger partial charge in [-0.05, 0) is 111 Å². The number of phenols is 12. The number of carboxylic acids is 1. The van der Waals surface area contributed by atoms with Crippen LogP contribution < -0.4 is 0 Å². The predicted molar refractivity (Wildman–Crippen MR) is 283 cm³/mol. The molecule has 5 atom stereocenters. The van der Waals surface area contributed by atoms with E-state index in [2.05, 4.69) is 0 Å². The number of esters is 5. The van der Waals surface area contributed by atoms with Gasteiger partial charge in [0.05, 0.1) is 0 Å². The van der Waals surface area contributed by atoms with E-state index in [0.717, 1.165) is 66.7 Å². The lowest BCUT2D eigenvalue weighted by atomic mass is 9.98. The summed E-state index contributed by atoms with van der Waals surface area (Å²) >= 11 is 0. The maximum Gasteiger partial charge on any atom is 0.342 e. The standard InChI is InChI=1S/C58H58O24/c1-24-7-35(59)18-41(65)47(24)54(73)78-26(3)9-31-14-37(61)20-43(67)49(31)56(75)80-28(5)11-33-16-39(63)22-45(69)51(33)58(77)82-29(6)12-34-17-40(64)23-46(70)52(34)57(76)81-27(4)10-32-15-38(62)21-44(68)50(32)55(74)79-25(2)8-30-13-36(60)19-42(66)48(30)53(71)72/h7,13-23,25-29,59-70H,8-12H2,1-6H3,(H,71,72). The van der Waals surface area contributed by atoms with Gasteiger partial charge in [-0.2, -0.15) is 0 Å². The summed E-state index contributed by atoms with van der Waals surface area (Å²) in [7, 11) is 0. The van der Waals surface area contributed by atoms with Crippen LogP contribution in [0.3, 0.4) is 0 Å². The number of carbonyl (C=O) groups excluding carboxylic acids is 5. The molecule has 6 aromatic carbocycles. The lowest BCUT2D eigenvalue weighted by Crippen LogP contribution is -2.24. The zero-order valence-electron chi connectivity index (χ0n) is 44.7. The number of carbonyl (C=O) groups is 6. The Kier molecular flexibility index (Phi) is 18.8. The van der Waals surface area contributed by atoms with E-state index in [1.165, 1.54) is 47.6 Å². The first-order chi connectivity index (χ1) is 38.4. The molecule has 0 aliphatic rings. The number of aromatic hydroxyl groups is 12. The van der Waals surface area contributed by atoms with E-state index in [1.807, 2.05) is 0 Å². The number of hydrogen-bond donors (Lipinski definition) is 13. The first-order valence-electron chi connectivity index (χ1n) is 25.0. The second-order valence-electron chi connectivity index (χ2n) is 19.6. The highest BCUT2D eigenvalue weighted by Crippen LogP contribution is 2.37. The van der Waals surface area contributed by atoms with Gasteiger partial charge in [0.2, 0.25) is 0 Å². The number of phenolic OH excluding ortho intramolecular Hbond substituents is 11. The van der Waals surface area contributed by atoms with Crippen molar-refractivity contribution in [3.05, 3.63) is 140 Å². The van der Waals surface area contributed by atoms with Gasteiger partial charge in [0.25, 0.3) is 0 Å². The summed E-state index contributed by atoms with van der Waals surface area (Å²) in [5.74, 6) is -14.3. The van der Waals surface area contributed by atoms with Gasteiger partial charge in [0, 0.05) is 68.5 Å². The van der Waals surface area contributed by atoms with Crippen LogP contribution in [0.15, 0.2) is 72.8 Å². The molecular formula is C58H58O24.